The molecule has 1 aliphatic carbocycles. The molecule has 31 heavy (non-hydrogen) atoms. The van der Waals surface area contributed by atoms with E-state index in [-0.39, 0.29) is 12.9 Å². The topological polar surface area (TPSA) is 69.7 Å². The summed E-state index contributed by atoms with van der Waals surface area (Å²) >= 11 is 0. The van der Waals surface area contributed by atoms with Gasteiger partial charge in [-0.25, -0.2) is 14.0 Å². The first-order valence-electron chi connectivity index (χ1n) is 10.1. The van der Waals surface area contributed by atoms with Crippen molar-refractivity contribution in [3.63, 3.8) is 0 Å². The highest BCUT2D eigenvalue weighted by Gasteiger charge is 2.43. The first kappa shape index (κ1) is 24.1. The molecule has 0 N–H and O–H groups in total. The average Bonchev–Trinajstić information content (AvgIpc) is 2.80. The van der Waals surface area contributed by atoms with E-state index in [1.807, 2.05) is 36.4 Å². The van der Waals surface area contributed by atoms with E-state index in [9.17, 15) is 18.8 Å². The molecular weight excluding hydrogens is 398 g/mol. The number of halogens is 1. The summed E-state index contributed by atoms with van der Waals surface area (Å²) in [7, 11) is 1.55. The lowest BCUT2D eigenvalue weighted by Crippen LogP contribution is -2.47. The van der Waals surface area contributed by atoms with Gasteiger partial charge < -0.3 is 9.47 Å². The normalized spacial score (nSPS) is 17.5. The Bertz CT molecular complexity index is 890. The Kier molecular flexibility index (Phi) is 9.19. The predicted octanol–water partition coefficient (Wildman–Crippen LogP) is 3.34. The molecule has 162 valence electrons. The maximum atomic E-state index is 14.4. The quantitative estimate of drug-likeness (QED) is 0.250. The largest absolute Gasteiger partial charge is 0.463 e. The molecule has 0 fully saturated rings. The zero-order valence-corrected chi connectivity index (χ0v) is 17.7. The number of esters is 2. The first-order valence-corrected chi connectivity index (χ1v) is 10.1. The third-order valence-corrected chi connectivity index (χ3v) is 5.09. The lowest BCUT2D eigenvalue weighted by Gasteiger charge is -2.35. The third-order valence-electron chi connectivity index (χ3n) is 5.09. The summed E-state index contributed by atoms with van der Waals surface area (Å²) in [6.45, 7) is 1.09. The molecule has 2 rings (SSSR count). The van der Waals surface area contributed by atoms with Crippen molar-refractivity contribution in [2.75, 3.05) is 6.61 Å². The van der Waals surface area contributed by atoms with Crippen molar-refractivity contribution >= 4 is 32.1 Å². The van der Waals surface area contributed by atoms with E-state index in [0.717, 1.165) is 30.1 Å². The Morgan fingerprint density at radius 2 is 1.87 bits per heavy atom. The molecule has 1 aromatic rings. The van der Waals surface area contributed by atoms with Crippen LogP contribution in [0.25, 0.3) is 6.08 Å². The minimum absolute atomic E-state index is 0.0777. The predicted molar refractivity (Wildman–Crippen MR) is 120 cm³/mol. The number of ether oxygens (including phenoxy) is 2. The summed E-state index contributed by atoms with van der Waals surface area (Å²) in [6.07, 6.45) is 11.4. The van der Waals surface area contributed by atoms with Gasteiger partial charge in [-0.1, -0.05) is 48.6 Å². The zero-order chi connectivity index (χ0) is 22.7. The molecule has 0 saturated carbocycles. The van der Waals surface area contributed by atoms with E-state index in [1.165, 1.54) is 19.1 Å². The van der Waals surface area contributed by atoms with Gasteiger partial charge in [0.05, 0.1) is 6.61 Å². The van der Waals surface area contributed by atoms with Crippen molar-refractivity contribution < 1.29 is 28.2 Å². The molecule has 0 heterocycles. The lowest BCUT2D eigenvalue weighted by molar-refractivity contribution is -0.162. The molecule has 0 bridgehead atoms. The van der Waals surface area contributed by atoms with Gasteiger partial charge in [-0.15, -0.1) is 0 Å². The molecule has 0 radical (unpaired) electrons. The number of allylic oxidation sites excluding steroid dienone is 5. The van der Waals surface area contributed by atoms with Gasteiger partial charge in [-0.3, -0.25) is 4.79 Å². The molecular formula is C24H26BFO5. The van der Waals surface area contributed by atoms with E-state index < -0.39 is 29.5 Å². The van der Waals surface area contributed by atoms with Crippen LogP contribution >= 0.6 is 0 Å². The van der Waals surface area contributed by atoms with E-state index >= 15 is 0 Å². The standard InChI is InChI=1S/C24H26BFO5/c1-24(21(26)16-27,31-23(29)15-13-19-10-6-3-7-11-19)20(25)17-30-22(28)14-12-18-8-4-2-5-9-18/h3-4,6-16,20-21H,2,5,17,25H2,1H3/b14-12+,15-13+/t20-,21+,24+/m0/s1. The Morgan fingerprint density at radius 1 is 1.16 bits per heavy atom. The summed E-state index contributed by atoms with van der Waals surface area (Å²) in [5.41, 5.74) is -0.117. The van der Waals surface area contributed by atoms with Crippen molar-refractivity contribution in [2.45, 2.75) is 37.4 Å². The molecule has 1 aliphatic rings. The van der Waals surface area contributed by atoms with E-state index in [1.54, 1.807) is 26.1 Å². The Hall–Kier alpha value is -3.22. The summed E-state index contributed by atoms with van der Waals surface area (Å²) in [4.78, 5) is 35.4. The number of carbonyl (C=O) groups is 3. The SMILES string of the molecule is B[C@@H](COC(=O)/C=C/C1=CCCC=C1)[C@@](C)(OC(=O)/C=C/c1ccccc1)[C@H](F)C=O. The number of aldehydes is 1. The third kappa shape index (κ3) is 7.52. The first-order chi connectivity index (χ1) is 14.8. The second-order valence-corrected chi connectivity index (χ2v) is 7.44. The average molecular weight is 424 g/mol. The molecule has 1 aromatic carbocycles. The number of hydrogen-bond donors (Lipinski definition) is 0. The number of hydrogen-bond acceptors (Lipinski definition) is 5. The molecule has 0 aliphatic heterocycles. The highest BCUT2D eigenvalue weighted by molar-refractivity contribution is 6.13. The maximum Gasteiger partial charge on any atom is 0.331 e. The van der Waals surface area contributed by atoms with Crippen LogP contribution in [0.4, 0.5) is 4.39 Å². The van der Waals surface area contributed by atoms with Crippen LogP contribution in [0.2, 0.25) is 5.82 Å². The van der Waals surface area contributed by atoms with E-state index in [2.05, 4.69) is 0 Å². The van der Waals surface area contributed by atoms with Crippen LogP contribution < -0.4 is 0 Å². The summed E-state index contributed by atoms with van der Waals surface area (Å²) in [5, 5.41) is 0. The highest BCUT2D eigenvalue weighted by atomic mass is 19.1. The molecule has 0 amide bonds. The zero-order valence-electron chi connectivity index (χ0n) is 17.7. The molecule has 0 spiro atoms. The minimum Gasteiger partial charge on any atom is -0.463 e. The highest BCUT2D eigenvalue weighted by Crippen LogP contribution is 2.31. The smallest absolute Gasteiger partial charge is 0.331 e. The Balaban J connectivity index is 1.98. The maximum absolute atomic E-state index is 14.4. The van der Waals surface area contributed by atoms with Gasteiger partial charge in [0.15, 0.2) is 12.5 Å². The molecule has 0 unspecified atom stereocenters. The van der Waals surface area contributed by atoms with Gasteiger partial charge in [-0.2, -0.15) is 0 Å². The van der Waals surface area contributed by atoms with E-state index in [4.69, 9.17) is 9.47 Å². The fourth-order valence-corrected chi connectivity index (χ4v) is 2.89. The van der Waals surface area contributed by atoms with Crippen molar-refractivity contribution in [2.24, 2.45) is 0 Å². The Labute approximate surface area is 182 Å². The minimum atomic E-state index is -2.08. The molecule has 0 aromatic heterocycles. The number of benzene rings is 1. The number of rotatable bonds is 10. The van der Waals surface area contributed by atoms with Gasteiger partial charge in [0.1, 0.15) is 13.4 Å². The second kappa shape index (κ2) is 11.8. The second-order valence-electron chi connectivity index (χ2n) is 7.44. The van der Waals surface area contributed by atoms with Crippen molar-refractivity contribution in [3.05, 3.63) is 77.9 Å². The van der Waals surface area contributed by atoms with E-state index in [0.29, 0.717) is 0 Å². The van der Waals surface area contributed by atoms with Gasteiger partial charge in [0, 0.05) is 18.0 Å². The summed E-state index contributed by atoms with van der Waals surface area (Å²) in [5.74, 6) is -2.18. The van der Waals surface area contributed by atoms with Crippen LogP contribution in [0.15, 0.2) is 72.4 Å². The molecule has 0 saturated heterocycles. The van der Waals surface area contributed by atoms with Crippen LogP contribution in [0.1, 0.15) is 25.3 Å². The molecule has 7 heteroatoms. The summed E-state index contributed by atoms with van der Waals surface area (Å²) < 4.78 is 24.9. The monoisotopic (exact) mass is 424 g/mol. The van der Waals surface area contributed by atoms with Gasteiger partial charge >= 0.3 is 11.9 Å². The number of alkyl halides is 1. The van der Waals surface area contributed by atoms with Crippen molar-refractivity contribution in [1.29, 1.82) is 0 Å². The summed E-state index contributed by atoms with van der Waals surface area (Å²) in [6, 6.07) is 9.05. The van der Waals surface area contributed by atoms with Crippen molar-refractivity contribution in [3.8, 4) is 0 Å². The molecule has 3 atom stereocenters. The van der Waals surface area contributed by atoms with Crippen LogP contribution in [0.5, 0.6) is 0 Å². The molecule has 5 nitrogen and oxygen atoms in total. The van der Waals surface area contributed by atoms with Crippen molar-refractivity contribution in [1.82, 2.24) is 0 Å². The van der Waals surface area contributed by atoms with Crippen LogP contribution in [0.3, 0.4) is 0 Å². The Morgan fingerprint density at radius 3 is 2.52 bits per heavy atom. The fourth-order valence-electron chi connectivity index (χ4n) is 2.89. The fraction of sp³-hybridized carbons (Fsp3) is 0.292. The lowest BCUT2D eigenvalue weighted by atomic mass is 9.72. The van der Waals surface area contributed by atoms with Crippen LogP contribution in [0, 0.1) is 0 Å². The van der Waals surface area contributed by atoms with Gasteiger partial charge in [-0.05, 0) is 43.1 Å². The van der Waals surface area contributed by atoms with Crippen LogP contribution in [-0.2, 0) is 23.9 Å². The van der Waals surface area contributed by atoms with Gasteiger partial charge in [0.2, 0.25) is 0 Å². The number of carbonyl (C=O) groups excluding carboxylic acids is 3. The van der Waals surface area contributed by atoms with Crippen LogP contribution in [-0.4, -0.2) is 44.5 Å². The van der Waals surface area contributed by atoms with Gasteiger partial charge in [0.25, 0.3) is 0 Å².